The van der Waals surface area contributed by atoms with E-state index in [0.29, 0.717) is 6.04 Å². The number of rotatable bonds is 9. The summed E-state index contributed by atoms with van der Waals surface area (Å²) < 4.78 is 5.65. The molecule has 0 aromatic rings. The Morgan fingerprint density at radius 3 is 2.74 bits per heavy atom. The average Bonchev–Trinajstić information content (AvgIpc) is 2.42. The summed E-state index contributed by atoms with van der Waals surface area (Å²) in [6.07, 6.45) is 3.90. The Labute approximate surface area is 120 Å². The zero-order valence-electron chi connectivity index (χ0n) is 13.5. The molecule has 1 N–H and O–H groups in total. The summed E-state index contributed by atoms with van der Waals surface area (Å²) in [5, 5.41) is 3.63. The van der Waals surface area contributed by atoms with Crippen LogP contribution in [0.3, 0.4) is 0 Å². The highest BCUT2D eigenvalue weighted by atomic mass is 16.5. The average molecular weight is 270 g/mol. The first-order chi connectivity index (χ1) is 9.13. The number of likely N-dealkylation sites (tertiary alicyclic amines) is 1. The van der Waals surface area contributed by atoms with E-state index in [1.807, 2.05) is 0 Å². The van der Waals surface area contributed by atoms with Gasteiger partial charge in [-0.2, -0.15) is 0 Å². The molecule has 0 aromatic heterocycles. The highest BCUT2D eigenvalue weighted by Gasteiger charge is 2.23. The van der Waals surface area contributed by atoms with Crippen molar-refractivity contribution in [2.75, 3.05) is 39.4 Å². The van der Waals surface area contributed by atoms with Crippen LogP contribution >= 0.6 is 0 Å². The minimum absolute atomic E-state index is 0.614. The topological polar surface area (TPSA) is 24.5 Å². The van der Waals surface area contributed by atoms with Crippen molar-refractivity contribution < 1.29 is 4.74 Å². The zero-order chi connectivity index (χ0) is 14.1. The van der Waals surface area contributed by atoms with Gasteiger partial charge in [0, 0.05) is 25.7 Å². The molecule has 0 bridgehead atoms. The molecule has 0 spiro atoms. The van der Waals surface area contributed by atoms with Gasteiger partial charge < -0.3 is 15.0 Å². The molecule has 0 radical (unpaired) electrons. The summed E-state index contributed by atoms with van der Waals surface area (Å²) in [5.74, 6) is 1.55. The lowest BCUT2D eigenvalue weighted by Crippen LogP contribution is -2.45. The van der Waals surface area contributed by atoms with E-state index < -0.39 is 0 Å². The maximum atomic E-state index is 5.65. The van der Waals surface area contributed by atoms with Gasteiger partial charge in [-0.3, -0.25) is 0 Å². The van der Waals surface area contributed by atoms with Gasteiger partial charge in [0.05, 0.1) is 6.61 Å². The lowest BCUT2D eigenvalue weighted by Gasteiger charge is -2.35. The van der Waals surface area contributed by atoms with E-state index in [1.165, 1.54) is 38.9 Å². The Kier molecular flexibility index (Phi) is 8.67. The predicted octanol–water partition coefficient (Wildman–Crippen LogP) is 2.76. The smallest absolute Gasteiger partial charge is 0.0591 e. The van der Waals surface area contributed by atoms with Crippen molar-refractivity contribution in [1.82, 2.24) is 10.2 Å². The number of ether oxygens (including phenoxy) is 1. The lowest BCUT2D eigenvalue weighted by molar-refractivity contribution is 0.115. The molecule has 2 unspecified atom stereocenters. The molecule has 1 heterocycles. The molecule has 0 saturated carbocycles. The van der Waals surface area contributed by atoms with E-state index in [1.54, 1.807) is 0 Å². The second-order valence-corrected chi connectivity index (χ2v) is 6.33. The van der Waals surface area contributed by atoms with Crippen LogP contribution in [0.2, 0.25) is 0 Å². The summed E-state index contributed by atoms with van der Waals surface area (Å²) in [4.78, 5) is 2.57. The minimum atomic E-state index is 0.614. The van der Waals surface area contributed by atoms with Crippen molar-refractivity contribution in [3.8, 4) is 0 Å². The van der Waals surface area contributed by atoms with E-state index in [-0.39, 0.29) is 0 Å². The van der Waals surface area contributed by atoms with E-state index >= 15 is 0 Å². The van der Waals surface area contributed by atoms with Crippen molar-refractivity contribution in [1.29, 1.82) is 0 Å². The number of hydrogen-bond donors (Lipinski definition) is 1. The first-order valence-corrected chi connectivity index (χ1v) is 8.17. The second kappa shape index (κ2) is 9.73. The molecule has 2 atom stereocenters. The van der Waals surface area contributed by atoms with Crippen molar-refractivity contribution in [3.63, 3.8) is 0 Å². The fraction of sp³-hybridized carbons (Fsp3) is 1.00. The molecule has 1 aliphatic heterocycles. The van der Waals surface area contributed by atoms with Gasteiger partial charge in [0.1, 0.15) is 0 Å². The molecule has 0 aromatic carbocycles. The Hall–Kier alpha value is -0.120. The normalized spacial score (nSPS) is 22.9. The maximum absolute atomic E-state index is 5.65. The Bertz CT molecular complexity index is 221. The number of hydrogen-bond acceptors (Lipinski definition) is 3. The molecule has 1 fully saturated rings. The SMILES string of the molecule is CCN1CCCC(C(C)NCCOCCC(C)C)C1. The van der Waals surface area contributed by atoms with E-state index in [0.717, 1.165) is 31.6 Å². The van der Waals surface area contributed by atoms with Crippen LogP contribution in [0.5, 0.6) is 0 Å². The van der Waals surface area contributed by atoms with Crippen molar-refractivity contribution in [2.24, 2.45) is 11.8 Å². The monoisotopic (exact) mass is 270 g/mol. The third-order valence-corrected chi connectivity index (χ3v) is 4.25. The van der Waals surface area contributed by atoms with Crippen molar-refractivity contribution >= 4 is 0 Å². The van der Waals surface area contributed by atoms with E-state index in [4.69, 9.17) is 4.74 Å². The van der Waals surface area contributed by atoms with Crippen LogP contribution in [0.15, 0.2) is 0 Å². The van der Waals surface area contributed by atoms with Crippen LogP contribution in [0.25, 0.3) is 0 Å². The van der Waals surface area contributed by atoms with Crippen LogP contribution < -0.4 is 5.32 Å². The van der Waals surface area contributed by atoms with Crippen molar-refractivity contribution in [2.45, 2.75) is 53.0 Å². The molecule has 1 saturated heterocycles. The zero-order valence-corrected chi connectivity index (χ0v) is 13.5. The quantitative estimate of drug-likeness (QED) is 0.652. The molecular formula is C16H34N2O. The Balaban J connectivity index is 2.05. The second-order valence-electron chi connectivity index (χ2n) is 6.33. The van der Waals surface area contributed by atoms with Gasteiger partial charge in [-0.25, -0.2) is 0 Å². The first-order valence-electron chi connectivity index (χ1n) is 8.17. The van der Waals surface area contributed by atoms with Crippen LogP contribution in [-0.4, -0.2) is 50.3 Å². The third kappa shape index (κ3) is 7.28. The number of nitrogens with zero attached hydrogens (tertiary/aromatic N) is 1. The fourth-order valence-electron chi connectivity index (χ4n) is 2.73. The van der Waals surface area contributed by atoms with Crippen LogP contribution in [-0.2, 0) is 4.74 Å². The summed E-state index contributed by atoms with van der Waals surface area (Å²) in [5.41, 5.74) is 0. The first kappa shape index (κ1) is 16.9. The Morgan fingerprint density at radius 1 is 1.26 bits per heavy atom. The molecule has 0 aliphatic carbocycles. The summed E-state index contributed by atoms with van der Waals surface area (Å²) in [6.45, 7) is 15.6. The molecule has 3 heteroatoms. The van der Waals surface area contributed by atoms with Crippen LogP contribution in [0.4, 0.5) is 0 Å². The summed E-state index contributed by atoms with van der Waals surface area (Å²) >= 11 is 0. The lowest BCUT2D eigenvalue weighted by atomic mass is 9.91. The highest BCUT2D eigenvalue weighted by molar-refractivity contribution is 4.79. The summed E-state index contributed by atoms with van der Waals surface area (Å²) in [7, 11) is 0. The largest absolute Gasteiger partial charge is 0.380 e. The third-order valence-electron chi connectivity index (χ3n) is 4.25. The van der Waals surface area contributed by atoms with Crippen LogP contribution in [0, 0.1) is 11.8 Å². The highest BCUT2D eigenvalue weighted by Crippen LogP contribution is 2.19. The van der Waals surface area contributed by atoms with E-state index in [9.17, 15) is 0 Å². The maximum Gasteiger partial charge on any atom is 0.0591 e. The van der Waals surface area contributed by atoms with Gasteiger partial charge in [0.2, 0.25) is 0 Å². The fourth-order valence-corrected chi connectivity index (χ4v) is 2.73. The van der Waals surface area contributed by atoms with Crippen LogP contribution in [0.1, 0.15) is 47.0 Å². The predicted molar refractivity (Wildman–Crippen MR) is 82.6 cm³/mol. The molecule has 3 nitrogen and oxygen atoms in total. The van der Waals surface area contributed by atoms with Gasteiger partial charge in [-0.1, -0.05) is 20.8 Å². The van der Waals surface area contributed by atoms with Crippen molar-refractivity contribution in [3.05, 3.63) is 0 Å². The molecule has 0 amide bonds. The molecular weight excluding hydrogens is 236 g/mol. The number of piperidine rings is 1. The van der Waals surface area contributed by atoms with E-state index in [2.05, 4.69) is 37.9 Å². The van der Waals surface area contributed by atoms with Gasteiger partial charge >= 0.3 is 0 Å². The van der Waals surface area contributed by atoms with Gasteiger partial charge in [-0.15, -0.1) is 0 Å². The standard InChI is InChI=1S/C16H34N2O/c1-5-18-10-6-7-16(13-18)15(4)17-9-12-19-11-8-14(2)3/h14-17H,5-13H2,1-4H3. The van der Waals surface area contributed by atoms with Gasteiger partial charge in [0.25, 0.3) is 0 Å². The molecule has 1 aliphatic rings. The van der Waals surface area contributed by atoms with Gasteiger partial charge in [-0.05, 0) is 51.1 Å². The molecule has 114 valence electrons. The minimum Gasteiger partial charge on any atom is -0.380 e. The molecule has 1 rings (SSSR count). The summed E-state index contributed by atoms with van der Waals surface area (Å²) in [6, 6.07) is 0.614. The van der Waals surface area contributed by atoms with Gasteiger partial charge in [0.15, 0.2) is 0 Å². The number of nitrogens with one attached hydrogen (secondary N) is 1. The Morgan fingerprint density at radius 2 is 2.05 bits per heavy atom. The molecule has 19 heavy (non-hydrogen) atoms.